The standard InChI is InChI=1S/C23H22BrCl2NO2/c1-28-22-11-18(14-27-10-9-16-5-3-2-4-6-16)20(24)13-23(22)29-15-17-7-8-19(25)12-21(17)26/h2-8,11-13,27H,9-10,14-15H2,1H3. The third-order valence-electron chi connectivity index (χ3n) is 4.48. The van der Waals surface area contributed by atoms with E-state index in [0.717, 1.165) is 35.1 Å². The molecule has 0 radical (unpaired) electrons. The van der Waals surface area contributed by atoms with Gasteiger partial charge in [0.15, 0.2) is 11.5 Å². The average molecular weight is 495 g/mol. The second-order valence-electron chi connectivity index (χ2n) is 6.53. The molecule has 0 aliphatic rings. The van der Waals surface area contributed by atoms with Crippen LogP contribution in [0.3, 0.4) is 0 Å². The van der Waals surface area contributed by atoms with Crippen LogP contribution < -0.4 is 14.8 Å². The van der Waals surface area contributed by atoms with Crippen LogP contribution in [-0.2, 0) is 19.6 Å². The fraction of sp³-hybridized carbons (Fsp3) is 0.217. The van der Waals surface area contributed by atoms with E-state index in [2.05, 4.69) is 45.5 Å². The zero-order valence-electron chi connectivity index (χ0n) is 16.1. The molecule has 0 atom stereocenters. The van der Waals surface area contributed by atoms with Crippen molar-refractivity contribution in [3.8, 4) is 11.5 Å². The quantitative estimate of drug-likeness (QED) is 0.336. The Morgan fingerprint density at radius 3 is 2.45 bits per heavy atom. The van der Waals surface area contributed by atoms with E-state index in [1.807, 2.05) is 24.3 Å². The SMILES string of the molecule is COc1cc(CNCCc2ccccc2)c(Br)cc1OCc1ccc(Cl)cc1Cl. The first-order chi connectivity index (χ1) is 14.1. The van der Waals surface area contributed by atoms with Crippen molar-refractivity contribution in [3.63, 3.8) is 0 Å². The Balaban J connectivity index is 1.60. The first-order valence-corrected chi connectivity index (χ1v) is 10.8. The first kappa shape index (κ1) is 22.0. The molecule has 0 unspecified atom stereocenters. The lowest BCUT2D eigenvalue weighted by Gasteiger charge is -2.15. The normalized spacial score (nSPS) is 10.8. The summed E-state index contributed by atoms with van der Waals surface area (Å²) < 4.78 is 12.4. The summed E-state index contributed by atoms with van der Waals surface area (Å²) >= 11 is 15.8. The highest BCUT2D eigenvalue weighted by atomic mass is 79.9. The van der Waals surface area contributed by atoms with Crippen LogP contribution in [0.4, 0.5) is 0 Å². The minimum absolute atomic E-state index is 0.327. The molecule has 3 nitrogen and oxygen atoms in total. The van der Waals surface area contributed by atoms with Crippen LogP contribution in [0.1, 0.15) is 16.7 Å². The van der Waals surface area contributed by atoms with Crippen molar-refractivity contribution in [1.29, 1.82) is 0 Å². The smallest absolute Gasteiger partial charge is 0.162 e. The monoisotopic (exact) mass is 493 g/mol. The van der Waals surface area contributed by atoms with Gasteiger partial charge in [-0.25, -0.2) is 0 Å². The lowest BCUT2D eigenvalue weighted by molar-refractivity contribution is 0.284. The van der Waals surface area contributed by atoms with Crippen LogP contribution in [0.25, 0.3) is 0 Å². The van der Waals surface area contributed by atoms with Crippen molar-refractivity contribution >= 4 is 39.1 Å². The van der Waals surface area contributed by atoms with Gasteiger partial charge in [-0.1, -0.05) is 75.5 Å². The fourth-order valence-corrected chi connectivity index (χ4v) is 3.81. The number of ether oxygens (including phenoxy) is 2. The van der Waals surface area contributed by atoms with Crippen LogP contribution in [-0.4, -0.2) is 13.7 Å². The predicted molar refractivity (Wildman–Crippen MR) is 123 cm³/mol. The van der Waals surface area contributed by atoms with Crippen LogP contribution in [0.2, 0.25) is 10.0 Å². The maximum Gasteiger partial charge on any atom is 0.162 e. The first-order valence-electron chi connectivity index (χ1n) is 9.24. The van der Waals surface area contributed by atoms with Crippen LogP contribution in [0.15, 0.2) is 65.1 Å². The van der Waals surface area contributed by atoms with E-state index >= 15 is 0 Å². The number of halogens is 3. The Morgan fingerprint density at radius 2 is 1.72 bits per heavy atom. The molecule has 1 N–H and O–H groups in total. The molecule has 6 heteroatoms. The van der Waals surface area contributed by atoms with Gasteiger partial charge in [-0.05, 0) is 48.4 Å². The zero-order chi connectivity index (χ0) is 20.6. The Kier molecular flexibility index (Phi) is 8.25. The zero-order valence-corrected chi connectivity index (χ0v) is 19.2. The number of hydrogen-bond acceptors (Lipinski definition) is 3. The third kappa shape index (κ3) is 6.38. The molecule has 0 aromatic heterocycles. The predicted octanol–water partition coefficient (Wildman–Crippen LogP) is 6.68. The molecule has 0 aliphatic carbocycles. The Morgan fingerprint density at radius 1 is 0.931 bits per heavy atom. The van der Waals surface area contributed by atoms with E-state index in [-0.39, 0.29) is 0 Å². The van der Waals surface area contributed by atoms with Gasteiger partial charge in [0.25, 0.3) is 0 Å². The molecule has 3 aromatic rings. The summed E-state index contributed by atoms with van der Waals surface area (Å²) in [7, 11) is 1.64. The van der Waals surface area contributed by atoms with Gasteiger partial charge >= 0.3 is 0 Å². The van der Waals surface area contributed by atoms with Crippen LogP contribution in [0.5, 0.6) is 11.5 Å². The number of hydrogen-bond donors (Lipinski definition) is 1. The summed E-state index contributed by atoms with van der Waals surface area (Å²) in [6, 6.07) is 19.7. The molecule has 29 heavy (non-hydrogen) atoms. The molecule has 0 bridgehead atoms. The fourth-order valence-electron chi connectivity index (χ4n) is 2.88. The largest absolute Gasteiger partial charge is 0.493 e. The summed E-state index contributed by atoms with van der Waals surface area (Å²) in [5, 5.41) is 4.65. The second kappa shape index (κ2) is 10.9. The summed E-state index contributed by atoms with van der Waals surface area (Å²) in [6.07, 6.45) is 0.985. The van der Waals surface area contributed by atoms with Crippen molar-refractivity contribution in [3.05, 3.63) is 91.9 Å². The molecule has 0 amide bonds. The Bertz CT molecular complexity index is 951. The van der Waals surface area contributed by atoms with Gasteiger partial charge in [-0.15, -0.1) is 0 Å². The summed E-state index contributed by atoms with van der Waals surface area (Å²) in [5.74, 6) is 1.33. The van der Waals surface area contributed by atoms with E-state index in [1.54, 1.807) is 19.2 Å². The molecule has 3 rings (SSSR count). The minimum atomic E-state index is 0.327. The average Bonchev–Trinajstić information content (AvgIpc) is 2.72. The van der Waals surface area contributed by atoms with Crippen molar-refractivity contribution in [1.82, 2.24) is 5.32 Å². The van der Waals surface area contributed by atoms with E-state index in [4.69, 9.17) is 32.7 Å². The van der Waals surface area contributed by atoms with Gasteiger partial charge in [0, 0.05) is 26.6 Å². The van der Waals surface area contributed by atoms with Crippen molar-refractivity contribution < 1.29 is 9.47 Å². The highest BCUT2D eigenvalue weighted by Gasteiger charge is 2.12. The van der Waals surface area contributed by atoms with Crippen LogP contribution >= 0.6 is 39.1 Å². The van der Waals surface area contributed by atoms with Gasteiger partial charge in [-0.2, -0.15) is 0 Å². The molecule has 0 spiro atoms. The number of benzene rings is 3. The Labute approximate surface area is 190 Å². The van der Waals surface area contributed by atoms with Gasteiger partial charge < -0.3 is 14.8 Å². The summed E-state index contributed by atoms with van der Waals surface area (Å²) in [6.45, 7) is 1.95. The number of nitrogens with one attached hydrogen (secondary N) is 1. The minimum Gasteiger partial charge on any atom is -0.493 e. The molecular formula is C23H22BrCl2NO2. The summed E-state index contributed by atoms with van der Waals surface area (Å²) in [5.41, 5.74) is 3.29. The van der Waals surface area contributed by atoms with Crippen molar-refractivity contribution in [2.45, 2.75) is 19.6 Å². The lowest BCUT2D eigenvalue weighted by atomic mass is 10.1. The van der Waals surface area contributed by atoms with E-state index in [1.165, 1.54) is 5.56 Å². The molecule has 0 fully saturated rings. The van der Waals surface area contributed by atoms with E-state index < -0.39 is 0 Å². The molecular weight excluding hydrogens is 473 g/mol. The van der Waals surface area contributed by atoms with Gasteiger partial charge in [0.2, 0.25) is 0 Å². The van der Waals surface area contributed by atoms with Gasteiger partial charge in [-0.3, -0.25) is 0 Å². The third-order valence-corrected chi connectivity index (χ3v) is 5.80. The highest BCUT2D eigenvalue weighted by molar-refractivity contribution is 9.10. The molecule has 0 saturated carbocycles. The van der Waals surface area contributed by atoms with Crippen molar-refractivity contribution in [2.24, 2.45) is 0 Å². The molecule has 0 saturated heterocycles. The molecule has 3 aromatic carbocycles. The van der Waals surface area contributed by atoms with Crippen LogP contribution in [0, 0.1) is 0 Å². The molecule has 0 aliphatic heterocycles. The van der Waals surface area contributed by atoms with Gasteiger partial charge in [0.05, 0.1) is 7.11 Å². The molecule has 0 heterocycles. The maximum atomic E-state index is 6.23. The highest BCUT2D eigenvalue weighted by Crippen LogP contribution is 2.34. The lowest BCUT2D eigenvalue weighted by Crippen LogP contribution is -2.17. The summed E-state index contributed by atoms with van der Waals surface area (Å²) in [4.78, 5) is 0. The maximum absolute atomic E-state index is 6.23. The van der Waals surface area contributed by atoms with Crippen molar-refractivity contribution in [2.75, 3.05) is 13.7 Å². The topological polar surface area (TPSA) is 30.5 Å². The Hall–Kier alpha value is -1.72. The second-order valence-corrected chi connectivity index (χ2v) is 8.23. The molecule has 152 valence electrons. The number of rotatable bonds is 9. The van der Waals surface area contributed by atoms with Gasteiger partial charge in [0.1, 0.15) is 6.61 Å². The number of methoxy groups -OCH3 is 1. The van der Waals surface area contributed by atoms with E-state index in [0.29, 0.717) is 28.2 Å². The van der Waals surface area contributed by atoms with E-state index in [9.17, 15) is 0 Å².